The topological polar surface area (TPSA) is 155 Å². The molecule has 0 saturated heterocycles. The monoisotopic (exact) mass is 943 g/mol. The molecule has 0 bridgehead atoms. The Morgan fingerprint density at radius 1 is 0.311 bits per heavy atom. The van der Waals surface area contributed by atoms with E-state index >= 15 is 0 Å². The van der Waals surface area contributed by atoms with Gasteiger partial charge >= 0.3 is 0 Å². The van der Waals surface area contributed by atoms with Gasteiger partial charge in [0, 0.05) is 38.5 Å². The molecule has 0 aliphatic rings. The molecular weight excluding hydrogens is 907 g/mol. The van der Waals surface area contributed by atoms with Crippen LogP contribution in [0, 0.1) is 70.5 Å². The molecule has 74 heavy (non-hydrogen) atoms. The third kappa shape index (κ3) is 7.54. The van der Waals surface area contributed by atoms with Gasteiger partial charge in [0.05, 0.1) is 80.0 Å². The fraction of sp³-hybridized carbons (Fsp3) is 0.0308. The van der Waals surface area contributed by atoms with Crippen molar-refractivity contribution in [2.24, 2.45) is 0 Å². The molecule has 9 nitrogen and oxygen atoms in total. The first kappa shape index (κ1) is 44.3. The Labute approximate surface area is 425 Å². The number of nitriles is 5. The van der Waals surface area contributed by atoms with E-state index in [2.05, 4.69) is 112 Å². The lowest BCUT2D eigenvalue weighted by Crippen LogP contribution is -2.06. The van der Waals surface area contributed by atoms with Crippen LogP contribution < -0.4 is 0 Å². The van der Waals surface area contributed by atoms with Crippen LogP contribution in [0.2, 0.25) is 0 Å². The Morgan fingerprint density at radius 3 is 0.892 bits per heavy atom. The van der Waals surface area contributed by atoms with Gasteiger partial charge in [0.2, 0.25) is 0 Å². The zero-order valence-corrected chi connectivity index (χ0v) is 39.9. The van der Waals surface area contributed by atoms with Crippen LogP contribution >= 0.6 is 0 Å². The Morgan fingerprint density at radius 2 is 0.608 bits per heavy atom. The molecule has 3 aromatic heterocycles. The maximum atomic E-state index is 12.0. The first-order valence-electron chi connectivity index (χ1n) is 23.8. The predicted octanol–water partition coefficient (Wildman–Crippen LogP) is 15.0. The molecule has 0 unspecified atom stereocenters. The second-order valence-corrected chi connectivity index (χ2v) is 18.3. The molecule has 12 rings (SSSR count). The highest BCUT2D eigenvalue weighted by atomic mass is 15.0. The maximum absolute atomic E-state index is 12.0. The summed E-state index contributed by atoms with van der Waals surface area (Å²) in [6, 6.07) is 73.1. The summed E-state index contributed by atoms with van der Waals surface area (Å²) in [6.07, 6.45) is 0. The lowest BCUT2D eigenvalue weighted by Gasteiger charge is -2.19. The van der Waals surface area contributed by atoms with E-state index in [0.717, 1.165) is 99.5 Å². The largest absolute Gasteiger partial charge is 0.308 e. The molecule has 0 N–H and O–H groups in total. The van der Waals surface area contributed by atoms with E-state index in [1.165, 1.54) is 0 Å². The number of fused-ring (bicyclic) bond motifs is 6. The summed E-state index contributed by atoms with van der Waals surface area (Å²) in [6.45, 7) is 3.89. The van der Waals surface area contributed by atoms with Crippen molar-refractivity contribution in [1.29, 1.82) is 26.3 Å². The van der Waals surface area contributed by atoms with Crippen LogP contribution in [0.1, 0.15) is 39.2 Å². The summed E-state index contributed by atoms with van der Waals surface area (Å²) >= 11 is 0. The number of benzene rings is 9. The summed E-state index contributed by atoms with van der Waals surface area (Å²) in [5, 5.41) is 55.4. The van der Waals surface area contributed by atoms with Gasteiger partial charge in [-0.05, 0) is 149 Å². The highest BCUT2D eigenvalue weighted by Crippen LogP contribution is 2.43. The number of aryl methyl sites for hydroxylation is 2. The van der Waals surface area contributed by atoms with Crippen LogP contribution in [-0.4, -0.2) is 19.1 Å². The zero-order chi connectivity index (χ0) is 50.6. The molecule has 0 radical (unpaired) electrons. The van der Waals surface area contributed by atoms with Crippen LogP contribution in [0.15, 0.2) is 188 Å². The van der Waals surface area contributed by atoms with Crippen molar-refractivity contribution >= 4 is 43.6 Å². The van der Waals surface area contributed by atoms with E-state index in [1.54, 1.807) is 24.3 Å². The lowest BCUT2D eigenvalue weighted by molar-refractivity contribution is 1.05. The van der Waals surface area contributed by atoms with Crippen LogP contribution in [0.25, 0.3) is 111 Å². The van der Waals surface area contributed by atoms with Crippen LogP contribution in [0.5, 0.6) is 0 Å². The van der Waals surface area contributed by atoms with Crippen molar-refractivity contribution in [3.8, 4) is 97.6 Å². The van der Waals surface area contributed by atoms with E-state index in [4.69, 9.17) is 9.97 Å². The maximum Gasteiger partial charge on any atom is 0.159 e. The molecule has 9 heteroatoms. The smallest absolute Gasteiger partial charge is 0.159 e. The summed E-state index contributed by atoms with van der Waals surface area (Å²) in [4.78, 5) is 10.0. The normalized spacial score (nSPS) is 11.0. The Bertz CT molecular complexity index is 4080. The Hall–Kier alpha value is -10.9. The van der Waals surface area contributed by atoms with Gasteiger partial charge in [-0.1, -0.05) is 97.1 Å². The second kappa shape index (κ2) is 17.8. The van der Waals surface area contributed by atoms with E-state index in [9.17, 15) is 26.3 Å². The number of hydrogen-bond donors (Lipinski definition) is 0. The van der Waals surface area contributed by atoms with Gasteiger partial charge in [0.1, 0.15) is 11.6 Å². The van der Waals surface area contributed by atoms with Gasteiger partial charge in [0.25, 0.3) is 0 Å². The van der Waals surface area contributed by atoms with Gasteiger partial charge in [0.15, 0.2) is 5.82 Å². The molecular formula is C65H37N9. The van der Waals surface area contributed by atoms with Crippen molar-refractivity contribution in [1.82, 2.24) is 19.1 Å². The highest BCUT2D eigenvalue weighted by molar-refractivity contribution is 6.13. The molecule has 0 fully saturated rings. The van der Waals surface area contributed by atoms with Crippen molar-refractivity contribution in [3.05, 3.63) is 227 Å². The summed E-state index contributed by atoms with van der Waals surface area (Å²) in [5.74, 6) is 0.488. The van der Waals surface area contributed by atoms with Gasteiger partial charge < -0.3 is 9.13 Å². The average molecular weight is 944 g/mol. The number of rotatable bonds is 7. The molecule has 12 aromatic rings. The summed E-state index contributed by atoms with van der Waals surface area (Å²) in [5.41, 5.74) is 16.3. The van der Waals surface area contributed by atoms with Crippen molar-refractivity contribution in [2.75, 3.05) is 0 Å². The summed E-state index contributed by atoms with van der Waals surface area (Å²) in [7, 11) is 0. The van der Waals surface area contributed by atoms with E-state index in [1.807, 2.05) is 105 Å². The molecule has 9 aromatic carbocycles. The third-order valence-corrected chi connectivity index (χ3v) is 13.8. The minimum Gasteiger partial charge on any atom is -0.308 e. The first-order valence-corrected chi connectivity index (χ1v) is 23.8. The van der Waals surface area contributed by atoms with E-state index < -0.39 is 0 Å². The van der Waals surface area contributed by atoms with Crippen molar-refractivity contribution < 1.29 is 0 Å². The van der Waals surface area contributed by atoms with E-state index in [0.29, 0.717) is 50.6 Å². The van der Waals surface area contributed by atoms with Crippen molar-refractivity contribution in [2.45, 2.75) is 13.8 Å². The van der Waals surface area contributed by atoms with Gasteiger partial charge in [-0.15, -0.1) is 0 Å². The fourth-order valence-corrected chi connectivity index (χ4v) is 10.4. The fourth-order valence-electron chi connectivity index (χ4n) is 10.4. The van der Waals surface area contributed by atoms with Crippen LogP contribution in [0.4, 0.5) is 0 Å². The molecule has 0 atom stereocenters. The molecule has 0 spiro atoms. The molecule has 0 aliphatic heterocycles. The lowest BCUT2D eigenvalue weighted by atomic mass is 10.0. The van der Waals surface area contributed by atoms with E-state index in [-0.39, 0.29) is 0 Å². The SMILES string of the molecule is Cc1cc(C)nc(-c2cc(-n3c4cc(-c5cccc(C#N)c5)ccc4c4ccc(-c5cccc(C#N)c5)cc43)c(C#N)c(-n3c4cc(-c5cccc(C#N)c5)ccc4c4ccc(-c5cccc(C#N)c5)cc43)c2)n1. The van der Waals surface area contributed by atoms with Gasteiger partial charge in [-0.3, -0.25) is 0 Å². The minimum absolute atomic E-state index is 0.373. The van der Waals surface area contributed by atoms with Gasteiger partial charge in [-0.2, -0.15) is 26.3 Å². The van der Waals surface area contributed by atoms with Crippen LogP contribution in [0.3, 0.4) is 0 Å². The van der Waals surface area contributed by atoms with Crippen molar-refractivity contribution in [3.63, 3.8) is 0 Å². The second-order valence-electron chi connectivity index (χ2n) is 18.3. The standard InChI is InChI=1S/C65H37N9/c1-39-23-40(2)72-65(71-39)53-32-63(73-59-28-49(45-11-3-7-41(24-45)34-66)15-19-54(59)55-20-16-50(29-60(55)73)46-12-4-8-42(25-46)35-67)58(38-70)64(33-53)74-61-30-51(47-13-5-9-43(26-47)36-68)17-21-56(61)57-22-18-52(31-62(57)74)48-14-6-10-44(27-48)37-69/h3-33H,1-2H3. The Kier molecular flexibility index (Phi) is 10.7. The number of nitrogens with zero attached hydrogens (tertiary/aromatic N) is 9. The predicted molar refractivity (Wildman–Crippen MR) is 291 cm³/mol. The molecule has 0 saturated carbocycles. The quantitative estimate of drug-likeness (QED) is 0.154. The molecule has 3 heterocycles. The average Bonchev–Trinajstić information content (AvgIpc) is 3.95. The molecule has 342 valence electrons. The Balaban J connectivity index is 1.24. The van der Waals surface area contributed by atoms with Crippen LogP contribution in [-0.2, 0) is 0 Å². The zero-order valence-electron chi connectivity index (χ0n) is 39.9. The minimum atomic E-state index is 0.373. The number of hydrogen-bond acceptors (Lipinski definition) is 7. The molecule has 0 aliphatic carbocycles. The first-order chi connectivity index (χ1) is 36.2. The molecule has 0 amide bonds. The van der Waals surface area contributed by atoms with Gasteiger partial charge in [-0.25, -0.2) is 9.97 Å². The highest BCUT2D eigenvalue weighted by Gasteiger charge is 2.25. The number of aromatic nitrogens is 4. The third-order valence-electron chi connectivity index (χ3n) is 13.8. The summed E-state index contributed by atoms with van der Waals surface area (Å²) < 4.78 is 4.30.